The summed E-state index contributed by atoms with van der Waals surface area (Å²) in [7, 11) is 1.96. The second-order valence-corrected chi connectivity index (χ2v) is 3.07. The molecule has 0 unspecified atom stereocenters. The minimum Gasteiger partial charge on any atom is -0.369 e. The maximum absolute atomic E-state index is 4.14. The number of nitrogens with zero attached hydrogens (tertiary/aromatic N) is 3. The van der Waals surface area contributed by atoms with E-state index in [9.17, 15) is 0 Å². The average molecular weight is 151 g/mol. The van der Waals surface area contributed by atoms with Gasteiger partial charge in [-0.05, 0) is 12.8 Å². The molecule has 1 aromatic rings. The van der Waals surface area contributed by atoms with Gasteiger partial charge in [-0.3, -0.25) is 4.68 Å². The lowest BCUT2D eigenvalue weighted by Crippen LogP contribution is -2.16. The molecule has 3 nitrogen and oxygen atoms in total. The maximum atomic E-state index is 4.14. The number of aryl methyl sites for hydroxylation is 1. The molecule has 1 aromatic heterocycles. The highest BCUT2D eigenvalue weighted by molar-refractivity contribution is 5.42. The highest BCUT2D eigenvalue weighted by Gasteiger charge is 2.12. The van der Waals surface area contributed by atoms with Crippen LogP contribution in [0.15, 0.2) is 12.4 Å². The summed E-state index contributed by atoms with van der Waals surface area (Å²) in [6.45, 7) is 2.40. The van der Waals surface area contributed by atoms with E-state index in [4.69, 9.17) is 0 Å². The van der Waals surface area contributed by atoms with Crippen LogP contribution in [-0.4, -0.2) is 22.9 Å². The summed E-state index contributed by atoms with van der Waals surface area (Å²) in [4.78, 5) is 2.38. The summed E-state index contributed by atoms with van der Waals surface area (Å²) in [6, 6.07) is 0. The van der Waals surface area contributed by atoms with Gasteiger partial charge in [-0.15, -0.1) is 0 Å². The smallest absolute Gasteiger partial charge is 0.0752 e. The van der Waals surface area contributed by atoms with Crippen molar-refractivity contribution in [2.75, 3.05) is 18.0 Å². The Hall–Kier alpha value is -0.990. The monoisotopic (exact) mass is 151 g/mol. The molecular formula is C8H13N3. The second kappa shape index (κ2) is 2.57. The molecule has 3 heteroatoms. The molecule has 0 N–H and O–H groups in total. The third kappa shape index (κ3) is 1.23. The van der Waals surface area contributed by atoms with Crippen LogP contribution in [0.25, 0.3) is 0 Å². The molecule has 0 saturated carbocycles. The Bertz CT molecular complexity index is 235. The SMILES string of the molecule is Cn1cc(N2CCCC2)cn1. The van der Waals surface area contributed by atoms with E-state index < -0.39 is 0 Å². The lowest BCUT2D eigenvalue weighted by Gasteiger charge is -2.13. The standard InChI is InChI=1S/C8H13N3/c1-10-7-8(6-9-10)11-4-2-3-5-11/h6-7H,2-5H2,1H3. The van der Waals surface area contributed by atoms with Crippen molar-refractivity contribution in [3.8, 4) is 0 Å². The molecule has 1 saturated heterocycles. The number of hydrogen-bond acceptors (Lipinski definition) is 2. The third-order valence-corrected chi connectivity index (χ3v) is 2.16. The van der Waals surface area contributed by atoms with E-state index in [0.717, 1.165) is 0 Å². The van der Waals surface area contributed by atoms with Crippen molar-refractivity contribution < 1.29 is 0 Å². The summed E-state index contributed by atoms with van der Waals surface area (Å²) in [5.41, 5.74) is 1.27. The van der Waals surface area contributed by atoms with Gasteiger partial charge >= 0.3 is 0 Å². The fourth-order valence-corrected chi connectivity index (χ4v) is 1.55. The molecule has 0 bridgehead atoms. The molecule has 60 valence electrons. The number of rotatable bonds is 1. The summed E-state index contributed by atoms with van der Waals surface area (Å²) >= 11 is 0. The lowest BCUT2D eigenvalue weighted by atomic mass is 10.4. The molecule has 2 rings (SSSR count). The van der Waals surface area contributed by atoms with Gasteiger partial charge in [0.1, 0.15) is 0 Å². The minimum atomic E-state index is 1.20. The predicted molar refractivity (Wildman–Crippen MR) is 44.7 cm³/mol. The van der Waals surface area contributed by atoms with Gasteiger partial charge in [0.15, 0.2) is 0 Å². The molecule has 2 heterocycles. The largest absolute Gasteiger partial charge is 0.369 e. The topological polar surface area (TPSA) is 21.1 Å². The van der Waals surface area contributed by atoms with Crippen LogP contribution in [0.3, 0.4) is 0 Å². The van der Waals surface area contributed by atoms with E-state index in [-0.39, 0.29) is 0 Å². The molecule has 1 aliphatic heterocycles. The first kappa shape index (κ1) is 6.70. The summed E-state index contributed by atoms with van der Waals surface area (Å²) in [5.74, 6) is 0. The van der Waals surface area contributed by atoms with Crippen molar-refractivity contribution in [2.24, 2.45) is 7.05 Å². The zero-order chi connectivity index (χ0) is 7.68. The van der Waals surface area contributed by atoms with Gasteiger partial charge in [-0.25, -0.2) is 0 Å². The second-order valence-electron chi connectivity index (χ2n) is 3.07. The average Bonchev–Trinajstić information content (AvgIpc) is 2.55. The molecule has 0 aliphatic carbocycles. The quantitative estimate of drug-likeness (QED) is 0.597. The van der Waals surface area contributed by atoms with E-state index >= 15 is 0 Å². The van der Waals surface area contributed by atoms with Gasteiger partial charge in [0, 0.05) is 26.3 Å². The Kier molecular flexibility index (Phi) is 1.56. The van der Waals surface area contributed by atoms with E-state index in [1.165, 1.54) is 31.6 Å². The van der Waals surface area contributed by atoms with Gasteiger partial charge in [-0.1, -0.05) is 0 Å². The van der Waals surface area contributed by atoms with Crippen molar-refractivity contribution >= 4 is 5.69 Å². The Morgan fingerprint density at radius 3 is 2.64 bits per heavy atom. The molecule has 1 aliphatic rings. The van der Waals surface area contributed by atoms with Crippen LogP contribution < -0.4 is 4.90 Å². The Labute approximate surface area is 66.6 Å². The van der Waals surface area contributed by atoms with Gasteiger partial charge in [-0.2, -0.15) is 5.10 Å². The number of hydrogen-bond donors (Lipinski definition) is 0. The Morgan fingerprint density at radius 1 is 1.36 bits per heavy atom. The first-order chi connectivity index (χ1) is 5.36. The highest BCUT2D eigenvalue weighted by atomic mass is 15.3. The van der Waals surface area contributed by atoms with E-state index in [1.54, 1.807) is 0 Å². The lowest BCUT2D eigenvalue weighted by molar-refractivity contribution is 0.767. The van der Waals surface area contributed by atoms with Crippen LogP contribution in [-0.2, 0) is 7.05 Å². The molecule has 0 amide bonds. The van der Waals surface area contributed by atoms with Crippen molar-refractivity contribution in [3.05, 3.63) is 12.4 Å². The van der Waals surface area contributed by atoms with Crippen LogP contribution in [0, 0.1) is 0 Å². The zero-order valence-corrected chi connectivity index (χ0v) is 6.82. The molecule has 0 spiro atoms. The fraction of sp³-hybridized carbons (Fsp3) is 0.625. The van der Waals surface area contributed by atoms with Crippen LogP contribution in [0.5, 0.6) is 0 Å². The van der Waals surface area contributed by atoms with Crippen LogP contribution in [0.1, 0.15) is 12.8 Å². The Balaban J connectivity index is 2.15. The maximum Gasteiger partial charge on any atom is 0.0752 e. The van der Waals surface area contributed by atoms with Crippen LogP contribution in [0.4, 0.5) is 5.69 Å². The van der Waals surface area contributed by atoms with Gasteiger partial charge in [0.2, 0.25) is 0 Å². The van der Waals surface area contributed by atoms with E-state index in [0.29, 0.717) is 0 Å². The molecule has 11 heavy (non-hydrogen) atoms. The summed E-state index contributed by atoms with van der Waals surface area (Å²) in [6.07, 6.45) is 6.67. The molecule has 0 aromatic carbocycles. The molecular weight excluding hydrogens is 138 g/mol. The van der Waals surface area contributed by atoms with Crippen molar-refractivity contribution in [1.82, 2.24) is 9.78 Å². The predicted octanol–water partition coefficient (Wildman–Crippen LogP) is 1.02. The highest BCUT2D eigenvalue weighted by Crippen LogP contribution is 2.17. The van der Waals surface area contributed by atoms with Gasteiger partial charge < -0.3 is 4.90 Å². The first-order valence-corrected chi connectivity index (χ1v) is 4.10. The molecule has 0 radical (unpaired) electrons. The number of aromatic nitrogens is 2. The molecule has 0 atom stereocenters. The summed E-state index contributed by atoms with van der Waals surface area (Å²) < 4.78 is 1.85. The van der Waals surface area contributed by atoms with Crippen molar-refractivity contribution in [3.63, 3.8) is 0 Å². The number of anilines is 1. The summed E-state index contributed by atoms with van der Waals surface area (Å²) in [5, 5.41) is 4.14. The fourth-order valence-electron chi connectivity index (χ4n) is 1.55. The third-order valence-electron chi connectivity index (χ3n) is 2.16. The van der Waals surface area contributed by atoms with Gasteiger partial charge in [0.25, 0.3) is 0 Å². The van der Waals surface area contributed by atoms with E-state index in [1.807, 2.05) is 17.9 Å². The zero-order valence-electron chi connectivity index (χ0n) is 6.82. The van der Waals surface area contributed by atoms with E-state index in [2.05, 4.69) is 16.2 Å². The Morgan fingerprint density at radius 2 is 2.09 bits per heavy atom. The van der Waals surface area contributed by atoms with Crippen LogP contribution in [0.2, 0.25) is 0 Å². The molecule has 1 fully saturated rings. The van der Waals surface area contributed by atoms with Gasteiger partial charge in [0.05, 0.1) is 11.9 Å². The van der Waals surface area contributed by atoms with Crippen molar-refractivity contribution in [1.29, 1.82) is 0 Å². The normalized spacial score (nSPS) is 17.7. The van der Waals surface area contributed by atoms with Crippen LogP contribution >= 0.6 is 0 Å². The van der Waals surface area contributed by atoms with Crippen molar-refractivity contribution in [2.45, 2.75) is 12.8 Å². The first-order valence-electron chi connectivity index (χ1n) is 4.10. The minimum absolute atomic E-state index is 1.20.